The number of phosphoric ester groups is 1. The van der Waals surface area contributed by atoms with Gasteiger partial charge in [-0.3, -0.25) is 23.4 Å². The fourth-order valence-electron chi connectivity index (χ4n) is 4.87. The van der Waals surface area contributed by atoms with Gasteiger partial charge in [0.2, 0.25) is 0 Å². The standard InChI is InChI=1S/C24H30N2O17P4/c1-2-3-12-44(29,30)41-46(33,34)43-47(35,36)42-45(31,32)37-14-18-20-21(22(38-18)26-11-10-19(27)25-24(26)28)40-23(39-20)17-9-8-15-6-4-5-7-16(15)13-17/h4-11,13,18,20-23H,2-3,12,14H2,1H3,(H,29,30)(H,31,32)(H,33,34)(H,35,36)(H,25,27,28)/t18-,20?,21+,22-,23?/m1/s1. The summed E-state index contributed by atoms with van der Waals surface area (Å²) < 4.78 is 84.8. The quantitative estimate of drug-likeness (QED) is 0.148. The smallest absolute Gasteiger partial charge is 0.346 e. The summed E-state index contributed by atoms with van der Waals surface area (Å²) in [6, 6.07) is 13.9. The van der Waals surface area contributed by atoms with Crippen LogP contribution in [0, 0.1) is 0 Å². The van der Waals surface area contributed by atoms with Gasteiger partial charge in [-0.05, 0) is 23.3 Å². The Kier molecular flexibility index (Phi) is 10.8. The number of H-pyrrole nitrogens is 1. The van der Waals surface area contributed by atoms with E-state index in [0.717, 1.165) is 27.6 Å². The van der Waals surface area contributed by atoms with Gasteiger partial charge in [-0.2, -0.15) is 8.62 Å². The van der Waals surface area contributed by atoms with Crippen LogP contribution < -0.4 is 11.2 Å². The zero-order valence-electron chi connectivity index (χ0n) is 24.2. The van der Waals surface area contributed by atoms with Crippen LogP contribution in [-0.2, 0) is 49.9 Å². The Balaban J connectivity index is 1.31. The van der Waals surface area contributed by atoms with Crippen LogP contribution in [0.2, 0.25) is 0 Å². The Morgan fingerprint density at radius 1 is 0.830 bits per heavy atom. The fourth-order valence-corrected chi connectivity index (χ4v) is 10.6. The van der Waals surface area contributed by atoms with E-state index in [0.29, 0.717) is 12.0 Å². The molecule has 47 heavy (non-hydrogen) atoms. The number of unbranched alkanes of at least 4 members (excludes halogenated alkanes) is 1. The molecule has 19 nitrogen and oxygen atoms in total. The second-order valence-corrected chi connectivity index (χ2v) is 17.1. The van der Waals surface area contributed by atoms with Gasteiger partial charge in [0.05, 0.1) is 12.8 Å². The molecule has 3 aromatic rings. The van der Waals surface area contributed by atoms with Crippen LogP contribution in [0.25, 0.3) is 10.8 Å². The van der Waals surface area contributed by atoms with Gasteiger partial charge in [0.15, 0.2) is 12.5 Å². The van der Waals surface area contributed by atoms with Crippen molar-refractivity contribution < 1.29 is 69.5 Å². The van der Waals surface area contributed by atoms with Gasteiger partial charge in [-0.25, -0.2) is 22.8 Å². The first-order chi connectivity index (χ1) is 22.0. The zero-order chi connectivity index (χ0) is 34.2. The molecule has 2 aromatic carbocycles. The van der Waals surface area contributed by atoms with E-state index in [4.69, 9.17) is 18.7 Å². The SMILES string of the molecule is CCCCP(=O)(O)OP(=O)(O)OP(=O)(O)OP(=O)(O)OC[C@H]1O[C@@H](n2ccc(=O)[nH]c2=O)[C@H]2OC(c3ccc4ccccc4c3)OC12. The van der Waals surface area contributed by atoms with E-state index >= 15 is 0 Å². The van der Waals surface area contributed by atoms with Gasteiger partial charge in [0.25, 0.3) is 5.56 Å². The van der Waals surface area contributed by atoms with Crippen LogP contribution in [0.4, 0.5) is 0 Å². The summed E-state index contributed by atoms with van der Waals surface area (Å²) in [7, 11) is -22.1. The van der Waals surface area contributed by atoms with Crippen molar-refractivity contribution in [2.45, 2.75) is 50.6 Å². The van der Waals surface area contributed by atoms with Gasteiger partial charge >= 0.3 is 36.8 Å². The number of ether oxygens (including phenoxy) is 3. The number of rotatable bonds is 14. The van der Waals surface area contributed by atoms with Crippen molar-refractivity contribution in [3.63, 3.8) is 0 Å². The lowest BCUT2D eigenvalue weighted by atomic mass is 10.1. The number of phosphoric acid groups is 3. The Bertz CT molecular complexity index is 1930. The maximum atomic E-state index is 12.6. The lowest BCUT2D eigenvalue weighted by Gasteiger charge is -2.23. The predicted octanol–water partition coefficient (Wildman–Crippen LogP) is 3.42. The lowest BCUT2D eigenvalue weighted by Crippen LogP contribution is -2.36. The Labute approximate surface area is 265 Å². The number of hydrogen-bond donors (Lipinski definition) is 5. The van der Waals surface area contributed by atoms with Gasteiger partial charge in [-0.15, -0.1) is 0 Å². The van der Waals surface area contributed by atoms with Crippen molar-refractivity contribution in [3.8, 4) is 0 Å². The van der Waals surface area contributed by atoms with E-state index in [9.17, 15) is 47.4 Å². The summed E-state index contributed by atoms with van der Waals surface area (Å²) in [6.45, 7) is 0.757. The molecule has 5 rings (SSSR count). The summed E-state index contributed by atoms with van der Waals surface area (Å²) in [5.41, 5.74) is -0.974. The van der Waals surface area contributed by atoms with Crippen molar-refractivity contribution >= 4 is 41.8 Å². The molecule has 5 N–H and O–H groups in total. The molecule has 0 spiro atoms. The zero-order valence-corrected chi connectivity index (χ0v) is 27.8. The molecule has 2 fully saturated rings. The van der Waals surface area contributed by atoms with Gasteiger partial charge in [-0.1, -0.05) is 49.7 Å². The monoisotopic (exact) mass is 742 g/mol. The topological polar surface area (TPSA) is 269 Å². The summed E-state index contributed by atoms with van der Waals surface area (Å²) >= 11 is 0. The van der Waals surface area contributed by atoms with Crippen molar-refractivity contribution in [1.82, 2.24) is 9.55 Å². The third kappa shape index (κ3) is 9.11. The average molecular weight is 742 g/mol. The van der Waals surface area contributed by atoms with E-state index in [1.165, 1.54) is 0 Å². The molecule has 0 amide bonds. The van der Waals surface area contributed by atoms with Crippen LogP contribution in [0.5, 0.6) is 0 Å². The molecule has 23 heteroatoms. The predicted molar refractivity (Wildman–Crippen MR) is 160 cm³/mol. The van der Waals surface area contributed by atoms with Crippen LogP contribution in [-0.4, -0.2) is 60.2 Å². The molecule has 9 atom stereocenters. The Morgan fingerprint density at radius 2 is 1.49 bits per heavy atom. The molecule has 1 aromatic heterocycles. The molecule has 0 saturated carbocycles. The number of benzene rings is 2. The summed E-state index contributed by atoms with van der Waals surface area (Å²) in [4.78, 5) is 65.7. The van der Waals surface area contributed by atoms with E-state index < -0.39 is 85.9 Å². The maximum absolute atomic E-state index is 12.6. The molecule has 2 saturated heterocycles. The van der Waals surface area contributed by atoms with Crippen LogP contribution in [0.15, 0.2) is 64.3 Å². The maximum Gasteiger partial charge on any atom is 0.490 e. The highest BCUT2D eigenvalue weighted by Crippen LogP contribution is 2.71. The lowest BCUT2D eigenvalue weighted by molar-refractivity contribution is -0.154. The highest BCUT2D eigenvalue weighted by atomic mass is 31.3. The highest BCUT2D eigenvalue weighted by molar-refractivity contribution is 7.70. The molecule has 2 aliphatic heterocycles. The Morgan fingerprint density at radius 3 is 2.19 bits per heavy atom. The molecule has 0 aliphatic carbocycles. The second-order valence-electron chi connectivity index (χ2n) is 10.4. The van der Waals surface area contributed by atoms with Crippen molar-refractivity contribution in [2.24, 2.45) is 0 Å². The molecule has 258 valence electrons. The molecule has 6 unspecified atom stereocenters. The molecule has 2 aliphatic rings. The normalized spacial score (nSPS) is 27.8. The van der Waals surface area contributed by atoms with E-state index in [1.54, 1.807) is 13.0 Å². The van der Waals surface area contributed by atoms with E-state index in [-0.39, 0.29) is 6.42 Å². The third-order valence-corrected chi connectivity index (χ3v) is 13.4. The molecule has 3 heterocycles. The number of nitrogens with one attached hydrogen (secondary N) is 1. The minimum Gasteiger partial charge on any atom is -0.346 e. The second kappa shape index (κ2) is 14.0. The van der Waals surface area contributed by atoms with Crippen molar-refractivity contribution in [3.05, 3.63) is 81.1 Å². The summed E-state index contributed by atoms with van der Waals surface area (Å²) in [6.07, 6.45) is -4.63. The number of nitrogens with zero attached hydrogens (tertiary/aromatic N) is 1. The summed E-state index contributed by atoms with van der Waals surface area (Å²) in [5, 5.41) is 1.81. The molecular weight excluding hydrogens is 712 g/mol. The minimum absolute atomic E-state index is 0.0985. The molecule has 0 radical (unpaired) electrons. The Hall–Kier alpha value is -2.14. The summed E-state index contributed by atoms with van der Waals surface area (Å²) in [5.74, 6) is 0. The van der Waals surface area contributed by atoms with E-state index in [2.05, 4.69) is 17.9 Å². The average Bonchev–Trinajstić information content (AvgIpc) is 3.53. The first-order valence-corrected chi connectivity index (χ1v) is 20.1. The first-order valence-electron chi connectivity index (χ1n) is 13.8. The largest absolute Gasteiger partial charge is 0.490 e. The van der Waals surface area contributed by atoms with Crippen molar-refractivity contribution in [1.29, 1.82) is 0 Å². The minimum atomic E-state index is -5.96. The molecule has 0 bridgehead atoms. The number of fused-ring (bicyclic) bond motifs is 2. The fraction of sp³-hybridized carbons (Fsp3) is 0.417. The highest BCUT2D eigenvalue weighted by Gasteiger charge is 2.55. The number of aromatic amines is 1. The number of aromatic nitrogens is 2. The van der Waals surface area contributed by atoms with Gasteiger partial charge in [0.1, 0.15) is 18.3 Å². The van der Waals surface area contributed by atoms with Crippen molar-refractivity contribution in [2.75, 3.05) is 12.8 Å². The van der Waals surface area contributed by atoms with Crippen LogP contribution >= 0.6 is 31.1 Å². The van der Waals surface area contributed by atoms with Gasteiger partial charge in [0, 0.05) is 17.8 Å². The molecular formula is C24H30N2O17P4. The van der Waals surface area contributed by atoms with Gasteiger partial charge < -0.3 is 33.8 Å². The first kappa shape index (κ1) is 36.1. The van der Waals surface area contributed by atoms with Crippen LogP contribution in [0.1, 0.15) is 37.8 Å². The van der Waals surface area contributed by atoms with E-state index in [1.807, 2.05) is 36.4 Å². The number of hydrogen-bond acceptors (Lipinski definition) is 13. The third-order valence-electron chi connectivity index (χ3n) is 6.86. The van der Waals surface area contributed by atoms with Crippen LogP contribution in [0.3, 0.4) is 0 Å².